The molecule has 0 radical (unpaired) electrons. The molecule has 1 aliphatic carbocycles. The third-order valence-corrected chi connectivity index (χ3v) is 4.68. The fraction of sp³-hybridized carbons (Fsp3) is 0.474. The summed E-state index contributed by atoms with van der Waals surface area (Å²) in [5, 5.41) is 2.56. The number of carbonyl (C=O) groups is 3. The summed E-state index contributed by atoms with van der Waals surface area (Å²) >= 11 is 0. The first-order chi connectivity index (χ1) is 14.1. The maximum atomic E-state index is 12.3. The molecule has 160 valence electrons. The maximum absolute atomic E-state index is 12.3. The number of aromatic amines is 1. The van der Waals surface area contributed by atoms with Crippen LogP contribution in [0.4, 0.5) is 5.95 Å². The predicted octanol–water partition coefficient (Wildman–Crippen LogP) is 1.07. The monoisotopic (exact) mass is 417 g/mol. The molecule has 11 nitrogen and oxygen atoms in total. The fourth-order valence-electron chi connectivity index (χ4n) is 2.82. The third kappa shape index (κ3) is 4.56. The van der Waals surface area contributed by atoms with Crippen LogP contribution in [0.1, 0.15) is 34.1 Å². The van der Waals surface area contributed by atoms with E-state index in [-0.39, 0.29) is 42.2 Å². The molecular formula is C19H23N5O6. The van der Waals surface area contributed by atoms with Crippen LogP contribution in [0.15, 0.2) is 16.7 Å². The number of hydrogen-bond donors (Lipinski definition) is 2. The van der Waals surface area contributed by atoms with Crippen LogP contribution < -0.4 is 10.9 Å². The van der Waals surface area contributed by atoms with E-state index in [4.69, 9.17) is 9.47 Å². The van der Waals surface area contributed by atoms with E-state index in [2.05, 4.69) is 20.3 Å². The second kappa shape index (κ2) is 8.09. The molecule has 30 heavy (non-hydrogen) atoms. The second-order valence-electron chi connectivity index (χ2n) is 7.55. The number of aromatic nitrogens is 4. The Bertz CT molecular complexity index is 1080. The zero-order chi connectivity index (χ0) is 22.1. The molecule has 11 heteroatoms. The highest BCUT2D eigenvalue weighted by atomic mass is 16.5. The SMILES string of the molecule is CC(=O)OCC1(COC(C)=O)C/C1=C/n1cnc2c(=O)[nH]c(NC(=O)C(C)C)nc21. The topological polar surface area (TPSA) is 145 Å². The van der Waals surface area contributed by atoms with Gasteiger partial charge in [-0.1, -0.05) is 13.8 Å². The van der Waals surface area contributed by atoms with Gasteiger partial charge in [0.2, 0.25) is 11.9 Å². The molecular weight excluding hydrogens is 394 g/mol. The molecule has 2 heterocycles. The van der Waals surface area contributed by atoms with Crippen molar-refractivity contribution in [3.63, 3.8) is 0 Å². The largest absolute Gasteiger partial charge is 0.465 e. The van der Waals surface area contributed by atoms with Gasteiger partial charge in [0.25, 0.3) is 5.56 Å². The minimum atomic E-state index is -0.621. The number of nitrogens with zero attached hydrogens (tertiary/aromatic N) is 3. The maximum Gasteiger partial charge on any atom is 0.302 e. The number of nitrogens with one attached hydrogen (secondary N) is 2. The summed E-state index contributed by atoms with van der Waals surface area (Å²) in [6, 6.07) is 0. The minimum absolute atomic E-state index is 0.0215. The molecule has 0 aromatic carbocycles. The first-order valence-electron chi connectivity index (χ1n) is 9.37. The average molecular weight is 417 g/mol. The van der Waals surface area contributed by atoms with E-state index < -0.39 is 22.9 Å². The van der Waals surface area contributed by atoms with Crippen molar-refractivity contribution in [2.24, 2.45) is 11.3 Å². The first kappa shape index (κ1) is 21.2. The summed E-state index contributed by atoms with van der Waals surface area (Å²) in [7, 11) is 0. The number of fused-ring (bicyclic) bond motifs is 1. The number of rotatable bonds is 7. The van der Waals surface area contributed by atoms with Gasteiger partial charge < -0.3 is 9.47 Å². The van der Waals surface area contributed by atoms with Crippen LogP contribution in [0.2, 0.25) is 0 Å². The molecule has 1 aliphatic rings. The lowest BCUT2D eigenvalue weighted by Crippen LogP contribution is -2.22. The molecule has 0 spiro atoms. The molecule has 0 atom stereocenters. The van der Waals surface area contributed by atoms with Gasteiger partial charge >= 0.3 is 11.9 Å². The van der Waals surface area contributed by atoms with Crippen LogP contribution >= 0.6 is 0 Å². The Balaban J connectivity index is 1.92. The molecule has 2 aromatic rings. The summed E-state index contributed by atoms with van der Waals surface area (Å²) in [6.45, 7) is 6.18. The lowest BCUT2D eigenvalue weighted by atomic mass is 10.1. The first-order valence-corrected chi connectivity index (χ1v) is 9.37. The van der Waals surface area contributed by atoms with Gasteiger partial charge in [-0.3, -0.25) is 34.0 Å². The predicted molar refractivity (Wildman–Crippen MR) is 106 cm³/mol. The Kier molecular flexibility index (Phi) is 5.72. The fourth-order valence-corrected chi connectivity index (χ4v) is 2.82. The number of H-pyrrole nitrogens is 1. The van der Waals surface area contributed by atoms with Crippen molar-refractivity contribution in [2.45, 2.75) is 34.1 Å². The highest BCUT2D eigenvalue weighted by Gasteiger charge is 2.51. The van der Waals surface area contributed by atoms with Crippen LogP contribution in [0.25, 0.3) is 17.4 Å². The van der Waals surface area contributed by atoms with E-state index in [1.165, 1.54) is 20.2 Å². The van der Waals surface area contributed by atoms with Crippen LogP contribution in [-0.2, 0) is 23.9 Å². The molecule has 1 amide bonds. The number of carbonyl (C=O) groups excluding carboxylic acids is 3. The summed E-state index contributed by atoms with van der Waals surface area (Å²) < 4.78 is 11.8. The Morgan fingerprint density at radius 3 is 2.47 bits per heavy atom. The molecule has 0 saturated heterocycles. The van der Waals surface area contributed by atoms with Crippen molar-refractivity contribution in [1.82, 2.24) is 19.5 Å². The standard InChI is InChI=1S/C19H23N5O6/c1-10(2)16(27)22-18-21-15-14(17(28)23-18)20-9-24(15)6-13-5-19(13,7-29-11(3)25)8-30-12(4)26/h6,9-10H,5,7-8H2,1-4H3,(H2,21,22,23,27,28)/b13-6-. The normalized spacial score (nSPS) is 16.0. The van der Waals surface area contributed by atoms with Crippen molar-refractivity contribution < 1.29 is 23.9 Å². The van der Waals surface area contributed by atoms with Gasteiger partial charge in [0.1, 0.15) is 19.5 Å². The highest BCUT2D eigenvalue weighted by molar-refractivity contribution is 5.91. The number of esters is 2. The number of ether oxygens (including phenoxy) is 2. The van der Waals surface area contributed by atoms with Gasteiger partial charge in [-0.15, -0.1) is 0 Å². The second-order valence-corrected chi connectivity index (χ2v) is 7.55. The lowest BCUT2D eigenvalue weighted by Gasteiger charge is -2.14. The van der Waals surface area contributed by atoms with E-state index in [1.807, 2.05) is 0 Å². The van der Waals surface area contributed by atoms with Crippen LogP contribution in [0.3, 0.4) is 0 Å². The smallest absolute Gasteiger partial charge is 0.302 e. The molecule has 0 bridgehead atoms. The van der Waals surface area contributed by atoms with E-state index in [1.54, 1.807) is 24.6 Å². The van der Waals surface area contributed by atoms with Crippen molar-refractivity contribution in [3.8, 4) is 0 Å². The lowest BCUT2D eigenvalue weighted by molar-refractivity contribution is -0.146. The van der Waals surface area contributed by atoms with Crippen molar-refractivity contribution in [3.05, 3.63) is 22.3 Å². The number of hydrogen-bond acceptors (Lipinski definition) is 8. The van der Waals surface area contributed by atoms with Crippen LogP contribution in [0, 0.1) is 11.3 Å². The van der Waals surface area contributed by atoms with Crippen LogP contribution in [0.5, 0.6) is 0 Å². The van der Waals surface area contributed by atoms with Gasteiger partial charge in [0.05, 0.1) is 5.41 Å². The van der Waals surface area contributed by atoms with Crippen LogP contribution in [-0.4, -0.2) is 50.6 Å². The van der Waals surface area contributed by atoms with E-state index >= 15 is 0 Å². The Hall–Kier alpha value is -3.50. The summed E-state index contributed by atoms with van der Waals surface area (Å²) in [5.74, 6) is -1.42. The van der Waals surface area contributed by atoms with Gasteiger partial charge in [0, 0.05) is 26.0 Å². The molecule has 3 rings (SSSR count). The highest BCUT2D eigenvalue weighted by Crippen LogP contribution is 2.53. The van der Waals surface area contributed by atoms with Gasteiger partial charge in [0.15, 0.2) is 11.2 Å². The van der Waals surface area contributed by atoms with Gasteiger partial charge in [-0.05, 0) is 12.0 Å². The Morgan fingerprint density at radius 2 is 1.90 bits per heavy atom. The van der Waals surface area contributed by atoms with Crippen molar-refractivity contribution >= 4 is 41.2 Å². The quantitative estimate of drug-likeness (QED) is 0.636. The third-order valence-electron chi connectivity index (χ3n) is 4.68. The van der Waals surface area contributed by atoms with Crippen molar-refractivity contribution in [1.29, 1.82) is 0 Å². The minimum Gasteiger partial charge on any atom is -0.465 e. The number of anilines is 1. The molecule has 1 fully saturated rings. The summed E-state index contributed by atoms with van der Waals surface area (Å²) in [4.78, 5) is 57.5. The molecule has 0 unspecified atom stereocenters. The zero-order valence-electron chi connectivity index (χ0n) is 17.1. The van der Waals surface area contributed by atoms with E-state index in [0.29, 0.717) is 6.42 Å². The molecule has 1 saturated carbocycles. The Morgan fingerprint density at radius 1 is 1.27 bits per heavy atom. The number of amides is 1. The molecule has 2 N–H and O–H groups in total. The van der Waals surface area contributed by atoms with Gasteiger partial charge in [-0.25, -0.2) is 4.98 Å². The summed E-state index contributed by atoms with van der Waals surface area (Å²) in [5.41, 5.74) is 0.105. The van der Waals surface area contributed by atoms with Gasteiger partial charge in [-0.2, -0.15) is 4.98 Å². The molecule has 2 aromatic heterocycles. The van der Waals surface area contributed by atoms with E-state index in [0.717, 1.165) is 5.57 Å². The van der Waals surface area contributed by atoms with E-state index in [9.17, 15) is 19.2 Å². The number of imidazole rings is 1. The zero-order valence-corrected chi connectivity index (χ0v) is 17.1. The summed E-state index contributed by atoms with van der Waals surface area (Å²) in [6.07, 6.45) is 3.67. The average Bonchev–Trinajstić information content (AvgIpc) is 3.19. The van der Waals surface area contributed by atoms with Crippen molar-refractivity contribution in [2.75, 3.05) is 18.5 Å². The molecule has 0 aliphatic heterocycles. The Labute approximate surface area is 171 Å².